The summed E-state index contributed by atoms with van der Waals surface area (Å²) in [5.74, 6) is -0.744. The molecule has 0 saturated heterocycles. The molecule has 0 aliphatic carbocycles. The molecule has 0 heterocycles. The molecule has 0 aliphatic rings. The number of carbonyl (C=O) groups excluding carboxylic acids is 1. The van der Waals surface area contributed by atoms with Crippen LogP contribution in [-0.2, 0) is 6.42 Å². The van der Waals surface area contributed by atoms with E-state index in [4.69, 9.17) is 23.2 Å². The zero-order valence-electron chi connectivity index (χ0n) is 9.59. The Balaban J connectivity index is 2.31. The minimum Gasteiger partial charge on any atom is -0.294 e. The molecule has 5 heteroatoms. The Morgan fingerprint density at radius 1 is 1.11 bits per heavy atom. The molecule has 0 N–H and O–H groups in total. The molecule has 2 rings (SSSR count). The molecule has 0 bridgehead atoms. The van der Waals surface area contributed by atoms with Crippen LogP contribution in [0.15, 0.2) is 40.9 Å². The van der Waals surface area contributed by atoms with E-state index in [-0.39, 0.29) is 17.2 Å². The zero-order valence-corrected chi connectivity index (χ0v) is 12.7. The van der Waals surface area contributed by atoms with E-state index in [1.165, 1.54) is 12.1 Å². The Hall–Kier alpha value is -0.900. The van der Waals surface area contributed by atoms with Crippen LogP contribution in [0.3, 0.4) is 0 Å². The summed E-state index contributed by atoms with van der Waals surface area (Å²) in [5.41, 5.74) is 0.832. The Bertz CT molecular complexity index is 643. The number of rotatable bonds is 3. The van der Waals surface area contributed by atoms with E-state index < -0.39 is 5.82 Å². The van der Waals surface area contributed by atoms with Gasteiger partial charge in [0.2, 0.25) is 0 Å². The van der Waals surface area contributed by atoms with Gasteiger partial charge < -0.3 is 0 Å². The summed E-state index contributed by atoms with van der Waals surface area (Å²) in [6.07, 6.45) is 0.00671. The van der Waals surface area contributed by atoms with Gasteiger partial charge in [-0.3, -0.25) is 4.79 Å². The number of hydrogen-bond donors (Lipinski definition) is 0. The van der Waals surface area contributed by atoms with Gasteiger partial charge in [-0.2, -0.15) is 0 Å². The summed E-state index contributed by atoms with van der Waals surface area (Å²) in [6, 6.07) is 9.48. The van der Waals surface area contributed by atoms with Gasteiger partial charge in [0.05, 0.1) is 10.0 Å². The molecule has 0 amide bonds. The second-order valence-corrected chi connectivity index (χ2v) is 5.52. The Morgan fingerprint density at radius 3 is 2.53 bits per heavy atom. The average molecular weight is 362 g/mol. The van der Waals surface area contributed by atoms with Gasteiger partial charge in [-0.25, -0.2) is 4.39 Å². The monoisotopic (exact) mass is 360 g/mol. The van der Waals surface area contributed by atoms with Crippen LogP contribution in [-0.4, -0.2) is 5.78 Å². The van der Waals surface area contributed by atoms with Crippen LogP contribution in [0.1, 0.15) is 15.9 Å². The highest BCUT2D eigenvalue weighted by atomic mass is 79.9. The first-order valence-corrected chi connectivity index (χ1v) is 6.95. The molecule has 0 radical (unpaired) electrons. The highest BCUT2D eigenvalue weighted by molar-refractivity contribution is 9.10. The molecule has 0 spiro atoms. The normalized spacial score (nSPS) is 10.5. The van der Waals surface area contributed by atoms with Gasteiger partial charge in [-0.1, -0.05) is 41.4 Å². The summed E-state index contributed by atoms with van der Waals surface area (Å²) < 4.78 is 13.9. The summed E-state index contributed by atoms with van der Waals surface area (Å²) in [4.78, 5) is 12.2. The topological polar surface area (TPSA) is 17.1 Å². The van der Waals surface area contributed by atoms with Gasteiger partial charge in [0.25, 0.3) is 0 Å². The lowest BCUT2D eigenvalue weighted by atomic mass is 10.0. The molecule has 0 unspecified atom stereocenters. The van der Waals surface area contributed by atoms with Crippen molar-refractivity contribution in [3.63, 3.8) is 0 Å². The number of hydrogen-bond acceptors (Lipinski definition) is 1. The summed E-state index contributed by atoms with van der Waals surface area (Å²) >= 11 is 15.1. The lowest BCUT2D eigenvalue weighted by Crippen LogP contribution is -2.05. The smallest absolute Gasteiger partial charge is 0.168 e. The second-order valence-electron chi connectivity index (χ2n) is 3.91. The van der Waals surface area contributed by atoms with E-state index in [2.05, 4.69) is 15.9 Å². The minimum absolute atomic E-state index is 0.00671. The number of Topliss-reactive ketones (excluding diaryl/α,β-unsaturated/α-hetero) is 1. The van der Waals surface area contributed by atoms with Crippen LogP contribution >= 0.6 is 39.1 Å². The third-order valence-corrected chi connectivity index (χ3v) is 4.35. The number of ketones is 1. The Labute approximate surface area is 128 Å². The quantitative estimate of drug-likeness (QED) is 0.676. The van der Waals surface area contributed by atoms with E-state index in [9.17, 15) is 9.18 Å². The minimum atomic E-state index is -0.535. The third-order valence-electron chi connectivity index (χ3n) is 2.63. The first kappa shape index (κ1) is 14.5. The van der Waals surface area contributed by atoms with E-state index in [1.807, 2.05) is 0 Å². The van der Waals surface area contributed by atoms with Crippen molar-refractivity contribution in [3.05, 3.63) is 67.9 Å². The van der Waals surface area contributed by atoms with Crippen LogP contribution in [0.5, 0.6) is 0 Å². The second kappa shape index (κ2) is 6.04. The molecule has 98 valence electrons. The summed E-state index contributed by atoms with van der Waals surface area (Å²) in [7, 11) is 0. The van der Waals surface area contributed by atoms with Crippen molar-refractivity contribution >= 4 is 44.9 Å². The molecule has 1 nitrogen and oxygen atoms in total. The van der Waals surface area contributed by atoms with Gasteiger partial charge in [0.1, 0.15) is 5.82 Å². The van der Waals surface area contributed by atoms with Crippen LogP contribution < -0.4 is 0 Å². The SMILES string of the molecule is O=C(Cc1cccc(F)c1Cl)c1cccc(Br)c1Cl. The third kappa shape index (κ3) is 3.16. The standard InChI is InChI=1S/C14H8BrCl2FO/c15-10-5-2-4-9(14(10)17)12(19)7-8-3-1-6-11(18)13(8)16/h1-6H,7H2. The molecule has 2 aromatic rings. The first-order valence-electron chi connectivity index (χ1n) is 5.41. The van der Waals surface area contributed by atoms with Gasteiger partial charge in [0.15, 0.2) is 5.78 Å². The number of carbonyl (C=O) groups is 1. The van der Waals surface area contributed by atoms with Crippen LogP contribution in [0, 0.1) is 5.82 Å². The van der Waals surface area contributed by atoms with E-state index in [1.54, 1.807) is 24.3 Å². The number of benzene rings is 2. The Kier molecular flexibility index (Phi) is 4.61. The maximum absolute atomic E-state index is 13.3. The van der Waals surface area contributed by atoms with Crippen molar-refractivity contribution in [3.8, 4) is 0 Å². The van der Waals surface area contributed by atoms with Gasteiger partial charge in [-0.15, -0.1) is 0 Å². The summed E-state index contributed by atoms with van der Waals surface area (Å²) in [5, 5.41) is 0.321. The lowest BCUT2D eigenvalue weighted by Gasteiger charge is -2.07. The largest absolute Gasteiger partial charge is 0.294 e. The van der Waals surface area contributed by atoms with Crippen molar-refractivity contribution in [2.45, 2.75) is 6.42 Å². The molecule has 0 aliphatic heterocycles. The zero-order chi connectivity index (χ0) is 14.0. The van der Waals surface area contributed by atoms with Crippen molar-refractivity contribution in [2.24, 2.45) is 0 Å². The number of halogens is 4. The van der Waals surface area contributed by atoms with Crippen molar-refractivity contribution in [1.82, 2.24) is 0 Å². The molecular weight excluding hydrogens is 354 g/mol. The van der Waals surface area contributed by atoms with Crippen LogP contribution in [0.25, 0.3) is 0 Å². The van der Waals surface area contributed by atoms with Crippen molar-refractivity contribution < 1.29 is 9.18 Å². The lowest BCUT2D eigenvalue weighted by molar-refractivity contribution is 0.0993. The fourth-order valence-electron chi connectivity index (χ4n) is 1.67. The van der Waals surface area contributed by atoms with Gasteiger partial charge in [-0.05, 0) is 39.7 Å². The molecule has 0 saturated carbocycles. The average Bonchev–Trinajstić information content (AvgIpc) is 2.38. The van der Waals surface area contributed by atoms with Gasteiger partial charge >= 0.3 is 0 Å². The van der Waals surface area contributed by atoms with E-state index >= 15 is 0 Å². The van der Waals surface area contributed by atoms with Crippen LogP contribution in [0.2, 0.25) is 10.0 Å². The van der Waals surface area contributed by atoms with Crippen LogP contribution in [0.4, 0.5) is 4.39 Å². The fraction of sp³-hybridized carbons (Fsp3) is 0.0714. The van der Waals surface area contributed by atoms with Crippen molar-refractivity contribution in [2.75, 3.05) is 0 Å². The molecule has 0 atom stereocenters. The van der Waals surface area contributed by atoms with Gasteiger partial charge in [0, 0.05) is 16.5 Å². The van der Waals surface area contributed by atoms with E-state index in [0.29, 0.717) is 20.6 Å². The fourth-order valence-corrected chi connectivity index (χ4v) is 2.46. The maximum atomic E-state index is 13.3. The van der Waals surface area contributed by atoms with E-state index in [0.717, 1.165) is 0 Å². The maximum Gasteiger partial charge on any atom is 0.168 e. The highest BCUT2D eigenvalue weighted by Gasteiger charge is 2.15. The first-order chi connectivity index (χ1) is 9.00. The van der Waals surface area contributed by atoms with Crippen molar-refractivity contribution in [1.29, 1.82) is 0 Å². The molecular formula is C14H8BrCl2FO. The Morgan fingerprint density at radius 2 is 1.79 bits per heavy atom. The predicted molar refractivity (Wildman–Crippen MR) is 78.6 cm³/mol. The molecule has 19 heavy (non-hydrogen) atoms. The molecule has 0 fully saturated rings. The predicted octanol–water partition coefficient (Wildman–Crippen LogP) is 5.32. The molecule has 2 aromatic carbocycles. The molecule has 0 aromatic heterocycles. The summed E-state index contributed by atoms with van der Waals surface area (Å²) in [6.45, 7) is 0. The highest BCUT2D eigenvalue weighted by Crippen LogP contribution is 2.28.